The van der Waals surface area contributed by atoms with Crippen LogP contribution in [0.1, 0.15) is 42.3 Å². The van der Waals surface area contributed by atoms with Crippen molar-refractivity contribution in [3.05, 3.63) is 4.88 Å². The van der Waals surface area contributed by atoms with Crippen LogP contribution in [-0.4, -0.2) is 42.5 Å². The minimum absolute atomic E-state index is 0.00565. The molecule has 2 rings (SSSR count). The van der Waals surface area contributed by atoms with Crippen LogP contribution in [-0.2, 0) is 0 Å². The van der Waals surface area contributed by atoms with E-state index in [1.165, 1.54) is 24.2 Å². The summed E-state index contributed by atoms with van der Waals surface area (Å²) in [6.07, 6.45) is 4.48. The van der Waals surface area contributed by atoms with Gasteiger partial charge in [-0.05, 0) is 19.3 Å². The van der Waals surface area contributed by atoms with Gasteiger partial charge in [-0.3, -0.25) is 4.79 Å². The second-order valence-corrected chi connectivity index (χ2v) is 5.96. The molecule has 0 unspecified atom stereocenters. The molecule has 1 saturated heterocycles. The molecule has 1 aromatic heterocycles. The highest BCUT2D eigenvalue weighted by Crippen LogP contribution is 2.31. The van der Waals surface area contributed by atoms with E-state index in [2.05, 4.69) is 16.8 Å². The van der Waals surface area contributed by atoms with Gasteiger partial charge in [0.25, 0.3) is 5.91 Å². The van der Waals surface area contributed by atoms with Crippen LogP contribution < -0.4 is 10.6 Å². The second kappa shape index (κ2) is 6.23. The fourth-order valence-corrected chi connectivity index (χ4v) is 3.22. The first-order valence-electron chi connectivity index (χ1n) is 6.90. The number of hydrogen-bond acceptors (Lipinski definition) is 5. The Labute approximate surface area is 118 Å². The van der Waals surface area contributed by atoms with E-state index < -0.39 is 0 Å². The van der Waals surface area contributed by atoms with Crippen molar-refractivity contribution in [2.24, 2.45) is 0 Å². The Morgan fingerprint density at radius 3 is 2.79 bits per heavy atom. The molecule has 0 saturated carbocycles. The van der Waals surface area contributed by atoms with Gasteiger partial charge < -0.3 is 15.5 Å². The molecule has 0 aromatic carbocycles. The molecule has 0 bridgehead atoms. The largest absolute Gasteiger partial charge is 0.382 e. The molecule has 1 aliphatic rings. The van der Waals surface area contributed by atoms with E-state index in [1.54, 1.807) is 4.90 Å². The van der Waals surface area contributed by atoms with Crippen molar-refractivity contribution in [1.82, 2.24) is 9.88 Å². The van der Waals surface area contributed by atoms with E-state index in [0.29, 0.717) is 10.7 Å². The zero-order valence-electron chi connectivity index (χ0n) is 11.7. The monoisotopic (exact) mass is 282 g/mol. The van der Waals surface area contributed by atoms with E-state index in [4.69, 9.17) is 5.73 Å². The SMILES string of the molecule is CCCCN(C)C(=O)c1sc(N2CCCC2)nc1N. The molecule has 0 atom stereocenters. The molecule has 2 heterocycles. The van der Waals surface area contributed by atoms with Gasteiger partial charge in [0.2, 0.25) is 0 Å². The van der Waals surface area contributed by atoms with Gasteiger partial charge in [-0.2, -0.15) is 0 Å². The molecule has 1 fully saturated rings. The summed E-state index contributed by atoms with van der Waals surface area (Å²) in [7, 11) is 1.83. The third kappa shape index (κ3) is 3.18. The number of amides is 1. The topological polar surface area (TPSA) is 62.5 Å². The Hall–Kier alpha value is -1.30. The van der Waals surface area contributed by atoms with Crippen LogP contribution >= 0.6 is 11.3 Å². The van der Waals surface area contributed by atoms with Crippen LogP contribution in [0.3, 0.4) is 0 Å². The van der Waals surface area contributed by atoms with Crippen molar-refractivity contribution in [1.29, 1.82) is 0 Å². The van der Waals surface area contributed by atoms with Gasteiger partial charge in [0.1, 0.15) is 10.7 Å². The molecule has 6 heteroatoms. The van der Waals surface area contributed by atoms with Crippen LogP contribution in [0.4, 0.5) is 10.9 Å². The summed E-state index contributed by atoms with van der Waals surface area (Å²) >= 11 is 1.43. The van der Waals surface area contributed by atoms with Gasteiger partial charge in [-0.15, -0.1) is 0 Å². The number of thiazole rings is 1. The molecule has 0 radical (unpaired) electrons. The van der Waals surface area contributed by atoms with Gasteiger partial charge in [0, 0.05) is 26.7 Å². The first kappa shape index (κ1) is 14.1. The van der Waals surface area contributed by atoms with Crippen molar-refractivity contribution < 1.29 is 4.79 Å². The highest BCUT2D eigenvalue weighted by Gasteiger charge is 2.23. The quantitative estimate of drug-likeness (QED) is 0.899. The second-order valence-electron chi connectivity index (χ2n) is 4.99. The van der Waals surface area contributed by atoms with E-state index >= 15 is 0 Å². The van der Waals surface area contributed by atoms with Crippen LogP contribution in [0.5, 0.6) is 0 Å². The number of unbranched alkanes of at least 4 members (excludes halogenated alkanes) is 1. The summed E-state index contributed by atoms with van der Waals surface area (Å²) in [5.74, 6) is 0.370. The van der Waals surface area contributed by atoms with Crippen molar-refractivity contribution in [2.75, 3.05) is 37.3 Å². The van der Waals surface area contributed by atoms with Crippen LogP contribution in [0.25, 0.3) is 0 Å². The van der Waals surface area contributed by atoms with E-state index in [1.807, 2.05) is 7.05 Å². The minimum Gasteiger partial charge on any atom is -0.382 e. The molecule has 1 amide bonds. The van der Waals surface area contributed by atoms with Crippen molar-refractivity contribution in [2.45, 2.75) is 32.6 Å². The lowest BCUT2D eigenvalue weighted by molar-refractivity contribution is 0.0799. The fraction of sp³-hybridized carbons (Fsp3) is 0.692. The third-order valence-electron chi connectivity index (χ3n) is 3.41. The van der Waals surface area contributed by atoms with E-state index in [0.717, 1.165) is 37.6 Å². The fourth-order valence-electron chi connectivity index (χ4n) is 2.19. The molecule has 5 nitrogen and oxygen atoms in total. The first-order chi connectivity index (χ1) is 9.13. The molecular weight excluding hydrogens is 260 g/mol. The van der Waals surface area contributed by atoms with Crippen LogP contribution in [0, 0.1) is 0 Å². The number of carbonyl (C=O) groups is 1. The third-order valence-corrected chi connectivity index (χ3v) is 4.53. The number of carbonyl (C=O) groups excluding carboxylic acids is 1. The molecule has 1 aliphatic heterocycles. The normalized spacial score (nSPS) is 14.9. The standard InChI is InChI=1S/C13H22N4OS/c1-3-4-7-16(2)12(18)10-11(14)15-13(19-10)17-8-5-6-9-17/h3-9,14H2,1-2H3. The summed E-state index contributed by atoms with van der Waals surface area (Å²) in [4.78, 5) is 21.2. The number of rotatable bonds is 5. The summed E-state index contributed by atoms with van der Waals surface area (Å²) in [5, 5.41) is 0.891. The van der Waals surface area contributed by atoms with E-state index in [-0.39, 0.29) is 5.91 Å². The van der Waals surface area contributed by atoms with Crippen molar-refractivity contribution >= 4 is 28.2 Å². The average molecular weight is 282 g/mol. The predicted molar refractivity (Wildman–Crippen MR) is 79.8 cm³/mol. The highest BCUT2D eigenvalue weighted by atomic mass is 32.1. The van der Waals surface area contributed by atoms with Gasteiger partial charge in [-0.25, -0.2) is 4.98 Å². The molecule has 0 aliphatic carbocycles. The van der Waals surface area contributed by atoms with Gasteiger partial charge in [-0.1, -0.05) is 24.7 Å². The van der Waals surface area contributed by atoms with E-state index in [9.17, 15) is 4.79 Å². The summed E-state index contributed by atoms with van der Waals surface area (Å²) in [6.45, 7) is 4.93. The zero-order valence-corrected chi connectivity index (χ0v) is 12.5. The number of aromatic nitrogens is 1. The molecular formula is C13H22N4OS. The van der Waals surface area contributed by atoms with Gasteiger partial charge in [0.05, 0.1) is 0 Å². The minimum atomic E-state index is -0.00565. The Kier molecular flexibility index (Phi) is 4.63. The average Bonchev–Trinajstić information content (AvgIpc) is 3.03. The Morgan fingerprint density at radius 1 is 1.47 bits per heavy atom. The summed E-state index contributed by atoms with van der Waals surface area (Å²) in [5.41, 5.74) is 5.90. The molecule has 2 N–H and O–H groups in total. The predicted octanol–water partition coefficient (Wildman–Crippen LogP) is 2.20. The molecule has 0 spiro atoms. The lowest BCUT2D eigenvalue weighted by atomic mass is 10.3. The van der Waals surface area contributed by atoms with Crippen molar-refractivity contribution in [3.8, 4) is 0 Å². The lowest BCUT2D eigenvalue weighted by Crippen LogP contribution is -2.27. The number of nitrogens with zero attached hydrogens (tertiary/aromatic N) is 3. The number of nitrogen functional groups attached to an aromatic ring is 1. The molecule has 106 valence electrons. The maximum absolute atomic E-state index is 12.3. The maximum atomic E-state index is 12.3. The molecule has 1 aromatic rings. The first-order valence-corrected chi connectivity index (χ1v) is 7.71. The highest BCUT2D eigenvalue weighted by molar-refractivity contribution is 7.18. The Bertz CT molecular complexity index is 440. The summed E-state index contributed by atoms with van der Waals surface area (Å²) in [6, 6.07) is 0. The Balaban J connectivity index is 2.09. The number of nitrogens with two attached hydrogens (primary N) is 1. The van der Waals surface area contributed by atoms with Crippen LogP contribution in [0.15, 0.2) is 0 Å². The molecule has 19 heavy (non-hydrogen) atoms. The van der Waals surface area contributed by atoms with Crippen molar-refractivity contribution in [3.63, 3.8) is 0 Å². The Morgan fingerprint density at radius 2 is 2.16 bits per heavy atom. The van der Waals surface area contributed by atoms with Gasteiger partial charge in [0.15, 0.2) is 5.13 Å². The van der Waals surface area contributed by atoms with Crippen LogP contribution in [0.2, 0.25) is 0 Å². The smallest absolute Gasteiger partial charge is 0.267 e. The lowest BCUT2D eigenvalue weighted by Gasteiger charge is -2.15. The number of anilines is 2. The maximum Gasteiger partial charge on any atom is 0.267 e. The zero-order chi connectivity index (χ0) is 13.8. The van der Waals surface area contributed by atoms with Gasteiger partial charge >= 0.3 is 0 Å². The number of hydrogen-bond donors (Lipinski definition) is 1. The summed E-state index contributed by atoms with van der Waals surface area (Å²) < 4.78 is 0.